The molecule has 0 radical (unpaired) electrons. The van der Waals surface area contributed by atoms with E-state index in [-0.39, 0.29) is 24.9 Å². The van der Waals surface area contributed by atoms with Crippen LogP contribution in [-0.2, 0) is 4.79 Å². The molecule has 1 aliphatic rings. The molecule has 0 aromatic carbocycles. The Morgan fingerprint density at radius 3 is 2.78 bits per heavy atom. The number of hydrogen-bond acceptors (Lipinski definition) is 3. The molecule has 1 aromatic rings. The van der Waals surface area contributed by atoms with Crippen LogP contribution < -0.4 is 0 Å². The minimum Gasteiger partial charge on any atom is -0.481 e. The summed E-state index contributed by atoms with van der Waals surface area (Å²) in [5.74, 6) is -1.15. The van der Waals surface area contributed by atoms with E-state index < -0.39 is 5.97 Å². The lowest BCUT2D eigenvalue weighted by molar-refractivity contribution is -0.137. The van der Waals surface area contributed by atoms with Gasteiger partial charge in [-0.3, -0.25) is 14.6 Å². The van der Waals surface area contributed by atoms with Gasteiger partial charge in [0.2, 0.25) is 0 Å². The van der Waals surface area contributed by atoms with Crippen LogP contribution in [-0.4, -0.2) is 39.5 Å². The smallest absolute Gasteiger partial charge is 0.305 e. The van der Waals surface area contributed by atoms with Crippen molar-refractivity contribution in [2.75, 3.05) is 6.54 Å². The maximum atomic E-state index is 12.3. The number of aromatic nitrogens is 1. The molecule has 1 aromatic heterocycles. The van der Waals surface area contributed by atoms with Crippen LogP contribution in [0.25, 0.3) is 0 Å². The van der Waals surface area contributed by atoms with Crippen molar-refractivity contribution in [2.45, 2.75) is 25.3 Å². The summed E-state index contributed by atoms with van der Waals surface area (Å²) in [6, 6.07) is 1.70. The first-order valence-electron chi connectivity index (χ1n) is 5.72. The minimum absolute atomic E-state index is 0.0554. The maximum absolute atomic E-state index is 12.3. The molecular formula is C12H13ClN2O3. The number of pyridine rings is 1. The Kier molecular flexibility index (Phi) is 3.81. The Bertz CT molecular complexity index is 474. The average Bonchev–Trinajstić information content (AvgIpc) is 3.13. The van der Waals surface area contributed by atoms with E-state index in [1.165, 1.54) is 12.4 Å². The Balaban J connectivity index is 2.13. The van der Waals surface area contributed by atoms with Gasteiger partial charge < -0.3 is 10.0 Å². The van der Waals surface area contributed by atoms with Crippen molar-refractivity contribution in [3.8, 4) is 0 Å². The van der Waals surface area contributed by atoms with Gasteiger partial charge in [-0.05, 0) is 18.9 Å². The van der Waals surface area contributed by atoms with Crippen molar-refractivity contribution < 1.29 is 14.7 Å². The van der Waals surface area contributed by atoms with Crippen LogP contribution in [0.3, 0.4) is 0 Å². The van der Waals surface area contributed by atoms with E-state index in [2.05, 4.69) is 4.98 Å². The van der Waals surface area contributed by atoms with Gasteiger partial charge in [-0.1, -0.05) is 11.6 Å². The number of halogens is 1. The number of carbonyl (C=O) groups is 2. The van der Waals surface area contributed by atoms with Crippen LogP contribution in [0.4, 0.5) is 0 Å². The van der Waals surface area contributed by atoms with Gasteiger partial charge in [0.05, 0.1) is 17.0 Å². The topological polar surface area (TPSA) is 70.5 Å². The predicted octanol–water partition coefficient (Wildman–Crippen LogP) is 1.81. The molecule has 1 N–H and O–H groups in total. The molecule has 0 spiro atoms. The largest absolute Gasteiger partial charge is 0.481 e. The summed E-state index contributed by atoms with van der Waals surface area (Å²) in [6.07, 6.45) is 4.71. The third-order valence-corrected chi connectivity index (χ3v) is 3.14. The lowest BCUT2D eigenvalue weighted by atomic mass is 10.2. The number of aliphatic carboxylic acids is 1. The minimum atomic E-state index is -0.911. The maximum Gasteiger partial charge on any atom is 0.305 e. The molecule has 0 atom stereocenters. The fourth-order valence-electron chi connectivity index (χ4n) is 1.74. The van der Waals surface area contributed by atoms with Crippen LogP contribution >= 0.6 is 11.6 Å². The highest BCUT2D eigenvalue weighted by Gasteiger charge is 2.33. The second-order valence-corrected chi connectivity index (χ2v) is 4.64. The van der Waals surface area contributed by atoms with E-state index in [0.29, 0.717) is 10.6 Å². The number of nitrogens with zero attached hydrogens (tertiary/aromatic N) is 2. The second kappa shape index (κ2) is 5.35. The standard InChI is InChI=1S/C12H13ClN2O3/c13-10-3-5-14-7-9(10)12(18)15(8-1-2-8)6-4-11(16)17/h3,5,7-8H,1-2,4,6H2,(H,16,17). The van der Waals surface area contributed by atoms with Crippen LogP contribution in [0, 0.1) is 0 Å². The molecular weight excluding hydrogens is 256 g/mol. The van der Waals surface area contributed by atoms with Gasteiger partial charge in [0.25, 0.3) is 5.91 Å². The van der Waals surface area contributed by atoms with Gasteiger partial charge in [-0.25, -0.2) is 0 Å². The summed E-state index contributed by atoms with van der Waals surface area (Å²) < 4.78 is 0. The fraction of sp³-hybridized carbons (Fsp3) is 0.417. The third-order valence-electron chi connectivity index (χ3n) is 2.81. The lowest BCUT2D eigenvalue weighted by Crippen LogP contribution is -2.35. The zero-order valence-corrected chi connectivity index (χ0v) is 10.4. The molecule has 18 heavy (non-hydrogen) atoms. The molecule has 96 valence electrons. The monoisotopic (exact) mass is 268 g/mol. The van der Waals surface area contributed by atoms with E-state index in [0.717, 1.165) is 12.8 Å². The van der Waals surface area contributed by atoms with E-state index in [1.54, 1.807) is 11.0 Å². The number of carboxylic acid groups (broad SMARTS) is 1. The normalized spacial score (nSPS) is 14.3. The van der Waals surface area contributed by atoms with Crippen LogP contribution in [0.1, 0.15) is 29.6 Å². The van der Waals surface area contributed by atoms with Gasteiger partial charge in [0, 0.05) is 25.0 Å². The summed E-state index contributed by atoms with van der Waals surface area (Å²) in [7, 11) is 0. The van der Waals surface area contributed by atoms with Crippen LogP contribution in [0.15, 0.2) is 18.5 Å². The first kappa shape index (κ1) is 12.8. The number of rotatable bonds is 5. The van der Waals surface area contributed by atoms with Crippen molar-refractivity contribution >= 4 is 23.5 Å². The van der Waals surface area contributed by atoms with Gasteiger partial charge in [0.15, 0.2) is 0 Å². The Hall–Kier alpha value is -1.62. The molecule has 1 aliphatic carbocycles. The van der Waals surface area contributed by atoms with Crippen molar-refractivity contribution in [2.24, 2.45) is 0 Å². The molecule has 5 nitrogen and oxygen atoms in total. The quantitative estimate of drug-likeness (QED) is 0.884. The fourth-order valence-corrected chi connectivity index (χ4v) is 1.93. The number of hydrogen-bond donors (Lipinski definition) is 1. The molecule has 2 rings (SSSR count). The predicted molar refractivity (Wildman–Crippen MR) is 65.6 cm³/mol. The highest BCUT2D eigenvalue weighted by atomic mass is 35.5. The molecule has 1 amide bonds. The molecule has 6 heteroatoms. The molecule has 0 saturated heterocycles. The van der Waals surface area contributed by atoms with Gasteiger partial charge in [0.1, 0.15) is 0 Å². The summed E-state index contributed by atoms with van der Waals surface area (Å²) >= 11 is 5.95. The van der Waals surface area contributed by atoms with Crippen molar-refractivity contribution in [3.63, 3.8) is 0 Å². The number of carbonyl (C=O) groups excluding carboxylic acids is 1. The molecule has 1 saturated carbocycles. The van der Waals surface area contributed by atoms with E-state index in [1.807, 2.05) is 0 Å². The van der Waals surface area contributed by atoms with Crippen molar-refractivity contribution in [1.29, 1.82) is 0 Å². The average molecular weight is 269 g/mol. The summed E-state index contributed by atoms with van der Waals surface area (Å²) in [4.78, 5) is 28.3. The van der Waals surface area contributed by atoms with E-state index >= 15 is 0 Å². The number of amides is 1. The third kappa shape index (κ3) is 2.98. The highest BCUT2D eigenvalue weighted by Crippen LogP contribution is 2.29. The van der Waals surface area contributed by atoms with Crippen LogP contribution in [0.5, 0.6) is 0 Å². The van der Waals surface area contributed by atoms with Crippen molar-refractivity contribution in [3.05, 3.63) is 29.0 Å². The molecule has 1 fully saturated rings. The molecule has 0 bridgehead atoms. The molecule has 0 unspecified atom stereocenters. The van der Waals surface area contributed by atoms with Crippen molar-refractivity contribution in [1.82, 2.24) is 9.88 Å². The first-order valence-corrected chi connectivity index (χ1v) is 6.09. The Morgan fingerprint density at radius 2 is 2.22 bits per heavy atom. The first-order chi connectivity index (χ1) is 8.59. The number of carboxylic acids is 1. The molecule has 0 aliphatic heterocycles. The Morgan fingerprint density at radius 1 is 1.50 bits per heavy atom. The zero-order valence-electron chi connectivity index (χ0n) is 9.67. The van der Waals surface area contributed by atoms with Crippen LogP contribution in [0.2, 0.25) is 5.02 Å². The summed E-state index contributed by atoms with van der Waals surface area (Å²) in [5, 5.41) is 9.04. The Labute approximate surface area is 109 Å². The summed E-state index contributed by atoms with van der Waals surface area (Å²) in [5.41, 5.74) is 0.330. The molecule has 1 heterocycles. The van der Waals surface area contributed by atoms with E-state index in [4.69, 9.17) is 16.7 Å². The van der Waals surface area contributed by atoms with Gasteiger partial charge >= 0.3 is 5.97 Å². The second-order valence-electron chi connectivity index (χ2n) is 4.23. The SMILES string of the molecule is O=C(O)CCN(C(=O)c1cnccc1Cl)C1CC1. The highest BCUT2D eigenvalue weighted by molar-refractivity contribution is 6.33. The lowest BCUT2D eigenvalue weighted by Gasteiger charge is -2.21. The summed E-state index contributed by atoms with van der Waals surface area (Å²) in [6.45, 7) is 0.212. The van der Waals surface area contributed by atoms with Gasteiger partial charge in [-0.15, -0.1) is 0 Å². The van der Waals surface area contributed by atoms with Gasteiger partial charge in [-0.2, -0.15) is 0 Å². The van der Waals surface area contributed by atoms with E-state index in [9.17, 15) is 9.59 Å². The zero-order chi connectivity index (χ0) is 13.1.